The van der Waals surface area contributed by atoms with Crippen LogP contribution < -0.4 is 16.8 Å². The zero-order valence-electron chi connectivity index (χ0n) is 46.4. The Morgan fingerprint density at radius 1 is 0.593 bits per heavy atom. The van der Waals surface area contributed by atoms with Gasteiger partial charge >= 0.3 is 18.3 Å². The molecule has 0 spiro atoms. The number of benzene rings is 4. The molecule has 4 aromatic heterocycles. The number of allylic oxidation sites excluding steroid dienone is 2. The molecule has 86 heavy (non-hydrogen) atoms. The largest absolute Gasteiger partial charge is 0.478 e. The van der Waals surface area contributed by atoms with Crippen LogP contribution in [-0.2, 0) is 22.4 Å². The highest BCUT2D eigenvalue weighted by molar-refractivity contribution is 5.96. The van der Waals surface area contributed by atoms with E-state index in [-0.39, 0.29) is 75.9 Å². The number of alkyl halides is 6. The number of fused-ring (bicyclic) bond motifs is 2. The Hall–Kier alpha value is -8.92. The molecule has 8 N–H and O–H groups in total. The molecule has 0 atom stereocenters. The number of rotatable bonds is 14. The predicted molar refractivity (Wildman–Crippen MR) is 318 cm³/mol. The third-order valence-corrected chi connectivity index (χ3v) is 14.8. The normalized spacial score (nSPS) is 14.9. The average molecular weight is 1190 g/mol. The number of nitrogens with one attached hydrogen (secondary N) is 1. The molecule has 0 saturated carbocycles. The lowest BCUT2D eigenvalue weighted by molar-refractivity contribution is -0.271. The lowest BCUT2D eigenvalue weighted by atomic mass is 9.90. The fraction of sp³-hybridized carbons (Fsp3) is 0.292. The molecule has 15 nitrogen and oxygen atoms in total. The van der Waals surface area contributed by atoms with Crippen LogP contribution in [0.25, 0.3) is 56.3 Å². The second kappa shape index (κ2) is 27.4. The summed E-state index contributed by atoms with van der Waals surface area (Å²) >= 11 is 0. The molecule has 0 radical (unpaired) electrons. The second-order valence-corrected chi connectivity index (χ2v) is 21.0. The number of carbonyl (C=O) groups excluding carboxylic acids is 3. The summed E-state index contributed by atoms with van der Waals surface area (Å²) < 4.78 is 87.4. The molecule has 2 aliphatic rings. The fourth-order valence-electron chi connectivity index (χ4n) is 9.69. The van der Waals surface area contributed by atoms with Crippen LogP contribution in [0.3, 0.4) is 0 Å². The van der Waals surface area contributed by atoms with Gasteiger partial charge in [-0.3, -0.25) is 14.4 Å². The van der Waals surface area contributed by atoms with Crippen molar-refractivity contribution < 1.29 is 69.7 Å². The van der Waals surface area contributed by atoms with Crippen LogP contribution in [0, 0.1) is 13.8 Å². The van der Waals surface area contributed by atoms with Crippen molar-refractivity contribution in [3.63, 3.8) is 0 Å². The van der Waals surface area contributed by atoms with Crippen molar-refractivity contribution >= 4 is 69.2 Å². The summed E-state index contributed by atoms with van der Waals surface area (Å²) in [5.41, 5.74) is 15.3. The standard InChI is InChI=1S/C32H30F3N3O4.C26H22N2O4.C6H10F3NO.CH4/c1-20-16-24(22-4-6-23(7-5-22)30(40)38-14-12-31(41,13-15-38)32(33,34)35)17-25-18-27(42-29(20)25)10-9-26(39)8-2-21-3-11-28(36)37-19-21;1-16-12-20(18-4-6-19(7-5-18)26(30)31)13-21-14-23(32-25(16)21)10-9-22(29)8-2-17-3-11-24(27)28-15-17;7-6(8,9)5(11)1-3-10-4-2-5;/h2-8,11,16-19,41H,9-10,12-15H2,1H3,(H2,36,37);2-8,11-15H,9-10H2,1H3,(H2,27,28)(H,30,31);10-11H,1-4H2;1H4/b2*8-2+;;. The minimum atomic E-state index is -4.72. The van der Waals surface area contributed by atoms with E-state index in [0.717, 1.165) is 72.2 Å². The molecular formula is C65H66F6N6O9. The van der Waals surface area contributed by atoms with Gasteiger partial charge in [-0.15, -0.1) is 0 Å². The number of furan rings is 2. The van der Waals surface area contributed by atoms with Crippen LogP contribution in [0.1, 0.15) is 100 Å². The van der Waals surface area contributed by atoms with Gasteiger partial charge in [-0.25, -0.2) is 14.8 Å². The lowest BCUT2D eigenvalue weighted by Crippen LogP contribution is -2.54. The molecule has 0 bridgehead atoms. The van der Waals surface area contributed by atoms with Crippen LogP contribution in [0.4, 0.5) is 38.0 Å². The highest BCUT2D eigenvalue weighted by Crippen LogP contribution is 2.40. The number of pyridine rings is 2. The third-order valence-electron chi connectivity index (χ3n) is 14.8. The van der Waals surface area contributed by atoms with Gasteiger partial charge in [0.25, 0.3) is 5.91 Å². The maximum Gasteiger partial charge on any atom is 0.417 e. The number of piperidine rings is 2. The van der Waals surface area contributed by atoms with Gasteiger partial charge in [-0.1, -0.05) is 31.7 Å². The Morgan fingerprint density at radius 3 is 1.37 bits per heavy atom. The summed E-state index contributed by atoms with van der Waals surface area (Å²) in [5.74, 6) is 0.936. The summed E-state index contributed by atoms with van der Waals surface area (Å²) in [6.07, 6.45) is 0.495. The number of nitrogens with two attached hydrogens (primary N) is 2. The lowest BCUT2D eigenvalue weighted by Gasteiger charge is -2.39. The SMILES string of the molecule is C.Cc1cc(-c2ccc(C(=O)N3CCC(O)(C(F)(F)F)CC3)cc2)cc2cc(CCC(=O)/C=C/c3ccc(N)nc3)oc12.Cc1cc(-c2ccc(C(=O)O)cc2)cc2cc(CCC(=O)/C=C/c3ccc(N)nc3)oc12.OC1(C(F)(F)F)CCNCC1. The topological polar surface area (TPSA) is 248 Å². The number of aryl methyl sites for hydroxylation is 4. The number of hydrogen-bond donors (Lipinski definition) is 6. The van der Waals surface area contributed by atoms with E-state index >= 15 is 0 Å². The Bertz CT molecular complexity index is 3730. The molecule has 8 aromatic rings. The number of nitrogen functional groups attached to an aromatic ring is 2. The van der Waals surface area contributed by atoms with Gasteiger partial charge in [-0.05, 0) is 194 Å². The fourth-order valence-corrected chi connectivity index (χ4v) is 9.69. The number of halogens is 6. The highest BCUT2D eigenvalue weighted by Gasteiger charge is 2.55. The molecule has 10 rings (SSSR count). The van der Waals surface area contributed by atoms with Gasteiger partial charge in [-0.2, -0.15) is 26.3 Å². The molecule has 21 heteroatoms. The number of nitrogens with zero attached hydrogens (tertiary/aromatic N) is 3. The van der Waals surface area contributed by atoms with Crippen molar-refractivity contribution in [3.8, 4) is 22.3 Å². The van der Waals surface area contributed by atoms with Crippen molar-refractivity contribution in [2.75, 3.05) is 37.6 Å². The highest BCUT2D eigenvalue weighted by atomic mass is 19.4. The summed E-state index contributed by atoms with van der Waals surface area (Å²) in [5, 5.41) is 32.6. The van der Waals surface area contributed by atoms with E-state index in [2.05, 4.69) is 15.3 Å². The number of hydrogen-bond acceptors (Lipinski definition) is 13. The van der Waals surface area contributed by atoms with Crippen LogP contribution in [-0.4, -0.2) is 103 Å². The number of anilines is 2. The number of ketones is 2. The number of aromatic nitrogens is 2. The van der Waals surface area contributed by atoms with E-state index in [1.165, 1.54) is 11.0 Å². The van der Waals surface area contributed by atoms with Gasteiger partial charge in [0.15, 0.2) is 22.8 Å². The van der Waals surface area contributed by atoms with E-state index in [1.807, 2.05) is 50.2 Å². The minimum Gasteiger partial charge on any atom is -0.478 e. The molecule has 0 aliphatic carbocycles. The van der Waals surface area contributed by atoms with Gasteiger partial charge in [0.1, 0.15) is 34.3 Å². The Kier molecular flexibility index (Phi) is 20.6. The third kappa shape index (κ3) is 16.3. The maximum absolute atomic E-state index is 13.1. The van der Waals surface area contributed by atoms with Crippen molar-refractivity contribution in [2.24, 2.45) is 0 Å². The first-order valence-electron chi connectivity index (χ1n) is 27.2. The summed E-state index contributed by atoms with van der Waals surface area (Å²) in [6.45, 7) is 4.03. The molecule has 6 heterocycles. The zero-order chi connectivity index (χ0) is 61.3. The minimum absolute atomic E-state index is 0. The van der Waals surface area contributed by atoms with Crippen LogP contribution in [0.5, 0.6) is 0 Å². The van der Waals surface area contributed by atoms with Gasteiger partial charge < -0.3 is 45.8 Å². The maximum atomic E-state index is 13.1. The predicted octanol–water partition coefficient (Wildman–Crippen LogP) is 12.7. The van der Waals surface area contributed by atoms with E-state index in [4.69, 9.17) is 30.5 Å². The smallest absolute Gasteiger partial charge is 0.417 e. The number of aromatic carboxylic acids is 1. The van der Waals surface area contributed by atoms with Gasteiger partial charge in [0, 0.05) is 80.3 Å². The average Bonchev–Trinajstić information content (AvgIpc) is 1.75. The molecule has 0 unspecified atom stereocenters. The van der Waals surface area contributed by atoms with Crippen molar-refractivity contribution in [3.05, 3.63) is 179 Å². The van der Waals surface area contributed by atoms with Crippen LogP contribution >= 0.6 is 0 Å². The first-order chi connectivity index (χ1) is 40.3. The number of amides is 1. The van der Waals surface area contributed by atoms with Gasteiger partial charge in [0.05, 0.1) is 5.56 Å². The number of aliphatic hydroxyl groups is 2. The van der Waals surface area contributed by atoms with E-state index in [9.17, 15) is 50.6 Å². The number of carboxylic acids is 1. The quantitative estimate of drug-likeness (QED) is 0.0438. The van der Waals surface area contributed by atoms with Crippen LogP contribution in [0.15, 0.2) is 143 Å². The Balaban J connectivity index is 0.000000212. The molecule has 452 valence electrons. The van der Waals surface area contributed by atoms with Gasteiger partial charge in [0.2, 0.25) is 0 Å². The molecule has 4 aromatic carbocycles. The number of likely N-dealkylation sites (tertiary alicyclic amines) is 1. The van der Waals surface area contributed by atoms with E-state index in [0.29, 0.717) is 42.2 Å². The van der Waals surface area contributed by atoms with Crippen molar-refractivity contribution in [1.29, 1.82) is 0 Å². The van der Waals surface area contributed by atoms with E-state index in [1.54, 1.807) is 103 Å². The monoisotopic (exact) mass is 1190 g/mol. The van der Waals surface area contributed by atoms with E-state index < -0.39 is 42.4 Å². The van der Waals surface area contributed by atoms with Crippen molar-refractivity contribution in [1.82, 2.24) is 20.2 Å². The Labute approximate surface area is 492 Å². The summed E-state index contributed by atoms with van der Waals surface area (Å²) in [7, 11) is 0. The summed E-state index contributed by atoms with van der Waals surface area (Å²) in [4.78, 5) is 57.9. The summed E-state index contributed by atoms with van der Waals surface area (Å²) in [6, 6.07) is 32.5. The molecular weight excluding hydrogens is 1120 g/mol. The first kappa shape index (κ1) is 64.6. The van der Waals surface area contributed by atoms with Crippen LogP contribution in [0.2, 0.25) is 0 Å². The van der Waals surface area contributed by atoms with Crippen molar-refractivity contribution in [2.45, 2.75) is 96.2 Å². The molecule has 2 aliphatic heterocycles. The first-order valence-corrected chi connectivity index (χ1v) is 27.2. The zero-order valence-corrected chi connectivity index (χ0v) is 46.4. The molecule has 2 saturated heterocycles. The molecule has 1 amide bonds. The number of carbonyl (C=O) groups is 4. The second-order valence-electron chi connectivity index (χ2n) is 21.0. The molecule has 2 fully saturated rings. The Morgan fingerprint density at radius 2 is 1.00 bits per heavy atom. The number of carboxylic acid groups (broad SMARTS) is 1.